The Hall–Kier alpha value is -3.62. The van der Waals surface area contributed by atoms with E-state index in [-0.39, 0.29) is 17.1 Å². The molecule has 0 saturated heterocycles. The Bertz CT molecular complexity index is 1250. The van der Waals surface area contributed by atoms with Gasteiger partial charge in [-0.3, -0.25) is 9.59 Å². The molecular formula is C25H16N2O2S. The Labute approximate surface area is 178 Å². The molecule has 5 heteroatoms. The number of thioether (sulfide) groups is 1. The number of ketones is 1. The van der Waals surface area contributed by atoms with E-state index in [2.05, 4.69) is 6.07 Å². The molecule has 2 aliphatic heterocycles. The van der Waals surface area contributed by atoms with Crippen molar-refractivity contribution in [2.45, 2.75) is 11.9 Å². The van der Waals surface area contributed by atoms with Crippen LogP contribution in [0, 0.1) is 11.3 Å². The number of nitriles is 1. The highest BCUT2D eigenvalue weighted by Gasteiger charge is 2.40. The van der Waals surface area contributed by atoms with Crippen LogP contribution in [-0.4, -0.2) is 16.6 Å². The van der Waals surface area contributed by atoms with Crippen molar-refractivity contribution in [2.75, 3.05) is 0 Å². The van der Waals surface area contributed by atoms with Gasteiger partial charge >= 0.3 is 0 Å². The molecule has 0 fully saturated rings. The zero-order valence-electron chi connectivity index (χ0n) is 15.9. The Balaban J connectivity index is 1.66. The summed E-state index contributed by atoms with van der Waals surface area (Å²) >= 11 is 1.41. The van der Waals surface area contributed by atoms with Gasteiger partial charge < -0.3 is 4.90 Å². The molecule has 0 aromatic heterocycles. The maximum atomic E-state index is 13.5. The maximum absolute atomic E-state index is 13.5. The lowest BCUT2D eigenvalue weighted by Crippen LogP contribution is -2.29. The summed E-state index contributed by atoms with van der Waals surface area (Å²) in [6.45, 7) is 0.400. The number of nitrogens with zero attached hydrogens (tertiary/aromatic N) is 2. The van der Waals surface area contributed by atoms with Gasteiger partial charge in [0.25, 0.3) is 5.91 Å². The van der Waals surface area contributed by atoms with Crippen LogP contribution in [0.25, 0.3) is 6.08 Å². The molecule has 2 aliphatic rings. The lowest BCUT2D eigenvalue weighted by Gasteiger charge is -2.29. The van der Waals surface area contributed by atoms with Crippen molar-refractivity contribution >= 4 is 29.5 Å². The number of carbonyl (C=O) groups excluding carboxylic acids is 2. The second-order valence-electron chi connectivity index (χ2n) is 7.22. The van der Waals surface area contributed by atoms with Crippen LogP contribution >= 0.6 is 11.8 Å². The monoisotopic (exact) mass is 408 g/mol. The smallest absolute Gasteiger partial charge is 0.255 e. The van der Waals surface area contributed by atoms with Crippen LogP contribution in [-0.2, 0) is 6.54 Å². The Morgan fingerprint density at radius 2 is 1.63 bits per heavy atom. The van der Waals surface area contributed by atoms with E-state index in [1.54, 1.807) is 12.1 Å². The topological polar surface area (TPSA) is 61.2 Å². The zero-order valence-corrected chi connectivity index (χ0v) is 16.7. The molecule has 144 valence electrons. The normalized spacial score (nSPS) is 18.8. The third-order valence-electron chi connectivity index (χ3n) is 5.40. The summed E-state index contributed by atoms with van der Waals surface area (Å²) in [5.74, 6) is -0.0542. The Morgan fingerprint density at radius 3 is 2.40 bits per heavy atom. The average Bonchev–Trinajstić information content (AvgIpc) is 3.04. The minimum atomic E-state index is -0.254. The molecule has 3 aromatic rings. The molecule has 0 saturated carbocycles. The van der Waals surface area contributed by atoms with Crippen molar-refractivity contribution in [1.82, 2.24) is 4.90 Å². The van der Waals surface area contributed by atoms with Crippen LogP contribution in [0.2, 0.25) is 0 Å². The van der Waals surface area contributed by atoms with E-state index in [0.29, 0.717) is 28.1 Å². The highest BCUT2D eigenvalue weighted by atomic mass is 32.2. The van der Waals surface area contributed by atoms with E-state index in [1.165, 1.54) is 11.8 Å². The van der Waals surface area contributed by atoms with Gasteiger partial charge in [-0.1, -0.05) is 66.4 Å². The Morgan fingerprint density at radius 1 is 0.933 bits per heavy atom. The SMILES string of the molecule is N#Cc1ccc(C=C2S[C@H]3c4ccccc4C(=O)N3Cc3ccccc3C2=O)cc1. The van der Waals surface area contributed by atoms with Gasteiger partial charge in [-0.2, -0.15) is 5.26 Å². The Kier molecular flexibility index (Phi) is 4.50. The van der Waals surface area contributed by atoms with Gasteiger partial charge in [-0.25, -0.2) is 0 Å². The predicted octanol–water partition coefficient (Wildman–Crippen LogP) is 5.18. The molecule has 2 heterocycles. The fourth-order valence-corrected chi connectivity index (χ4v) is 5.18. The lowest BCUT2D eigenvalue weighted by atomic mass is 10.0. The molecule has 1 amide bonds. The fourth-order valence-electron chi connectivity index (χ4n) is 3.89. The fraction of sp³-hybridized carbons (Fsp3) is 0.0800. The van der Waals surface area contributed by atoms with Crippen molar-refractivity contribution < 1.29 is 9.59 Å². The number of benzene rings is 3. The van der Waals surface area contributed by atoms with Gasteiger partial charge in [-0.05, 0) is 41.0 Å². The van der Waals surface area contributed by atoms with Crippen LogP contribution in [0.1, 0.15) is 48.3 Å². The van der Waals surface area contributed by atoms with Crippen LogP contribution in [0.15, 0.2) is 77.7 Å². The van der Waals surface area contributed by atoms with Crippen LogP contribution in [0.3, 0.4) is 0 Å². The quantitative estimate of drug-likeness (QED) is 0.520. The average molecular weight is 408 g/mol. The van der Waals surface area contributed by atoms with E-state index in [4.69, 9.17) is 5.26 Å². The predicted molar refractivity (Wildman–Crippen MR) is 117 cm³/mol. The zero-order chi connectivity index (χ0) is 20.7. The summed E-state index contributed by atoms with van der Waals surface area (Å²) in [6, 6.07) is 24.3. The number of rotatable bonds is 1. The van der Waals surface area contributed by atoms with E-state index >= 15 is 0 Å². The second-order valence-corrected chi connectivity index (χ2v) is 8.34. The first-order valence-corrected chi connectivity index (χ1v) is 10.4. The van der Waals surface area contributed by atoms with E-state index < -0.39 is 0 Å². The largest absolute Gasteiger partial charge is 0.318 e. The third kappa shape index (κ3) is 3.02. The molecule has 0 aliphatic carbocycles. The van der Waals surface area contributed by atoms with Crippen molar-refractivity contribution in [1.29, 1.82) is 5.26 Å². The van der Waals surface area contributed by atoms with Crippen molar-refractivity contribution in [3.63, 3.8) is 0 Å². The standard InChI is InChI=1S/C25H16N2O2S/c26-14-17-11-9-16(10-12-17)13-22-23(28)19-6-2-1-5-18(19)15-27-24(29)20-7-3-4-8-21(20)25(27)30-22/h1-13,25H,15H2/t25-/m0/s1. The summed E-state index contributed by atoms with van der Waals surface area (Å²) in [5.41, 5.74) is 4.50. The van der Waals surface area contributed by atoms with Crippen molar-refractivity contribution in [2.24, 2.45) is 0 Å². The summed E-state index contributed by atoms with van der Waals surface area (Å²) in [6.07, 6.45) is 1.85. The highest BCUT2D eigenvalue weighted by molar-refractivity contribution is 8.04. The molecule has 0 unspecified atom stereocenters. The first kappa shape index (κ1) is 18.4. The van der Waals surface area contributed by atoms with Gasteiger partial charge in [0.2, 0.25) is 0 Å². The van der Waals surface area contributed by atoms with Gasteiger partial charge in [0.1, 0.15) is 5.37 Å². The summed E-state index contributed by atoms with van der Waals surface area (Å²) in [4.78, 5) is 29.0. The van der Waals surface area contributed by atoms with Gasteiger partial charge in [0.05, 0.1) is 16.5 Å². The first-order valence-electron chi connectivity index (χ1n) is 9.57. The van der Waals surface area contributed by atoms with E-state index in [9.17, 15) is 9.59 Å². The molecule has 0 bridgehead atoms. The highest BCUT2D eigenvalue weighted by Crippen LogP contribution is 2.48. The minimum absolute atomic E-state index is 0.00928. The molecular weight excluding hydrogens is 392 g/mol. The molecule has 30 heavy (non-hydrogen) atoms. The molecule has 0 radical (unpaired) electrons. The summed E-state index contributed by atoms with van der Waals surface area (Å²) in [5, 5.41) is 8.78. The van der Waals surface area contributed by atoms with E-state index in [0.717, 1.165) is 16.7 Å². The van der Waals surface area contributed by atoms with Crippen LogP contribution < -0.4 is 0 Å². The number of carbonyl (C=O) groups is 2. The van der Waals surface area contributed by atoms with Crippen molar-refractivity contribution in [3.8, 4) is 6.07 Å². The number of allylic oxidation sites excluding steroid dienone is 1. The van der Waals surface area contributed by atoms with Gasteiger partial charge in [0.15, 0.2) is 5.78 Å². The molecule has 5 rings (SSSR count). The summed E-state index contributed by atoms with van der Waals surface area (Å²) < 4.78 is 0. The number of hydrogen-bond donors (Lipinski definition) is 0. The number of hydrogen-bond acceptors (Lipinski definition) is 4. The van der Waals surface area contributed by atoms with Crippen LogP contribution in [0.4, 0.5) is 0 Å². The molecule has 0 N–H and O–H groups in total. The minimum Gasteiger partial charge on any atom is -0.318 e. The van der Waals surface area contributed by atoms with Gasteiger partial charge in [-0.15, -0.1) is 0 Å². The van der Waals surface area contributed by atoms with Gasteiger partial charge in [0, 0.05) is 17.7 Å². The third-order valence-corrected chi connectivity index (χ3v) is 6.69. The van der Waals surface area contributed by atoms with Crippen molar-refractivity contribution in [3.05, 3.63) is 111 Å². The maximum Gasteiger partial charge on any atom is 0.255 e. The number of amides is 1. The summed E-state index contributed by atoms with van der Waals surface area (Å²) in [7, 11) is 0. The molecule has 3 aromatic carbocycles. The molecule has 4 nitrogen and oxygen atoms in total. The first-order chi connectivity index (χ1) is 14.7. The molecule has 1 atom stereocenters. The van der Waals surface area contributed by atoms with E-state index in [1.807, 2.05) is 71.6 Å². The lowest BCUT2D eigenvalue weighted by molar-refractivity contribution is 0.0758. The number of fused-ring (bicyclic) bond motifs is 4. The second kappa shape index (κ2) is 7.33. The number of Topliss-reactive ketones (excluding diaryl/α,β-unsaturated/α-hetero) is 1. The molecule has 0 spiro atoms. The van der Waals surface area contributed by atoms with Crippen LogP contribution in [0.5, 0.6) is 0 Å².